The summed E-state index contributed by atoms with van der Waals surface area (Å²) < 4.78 is 6.48. The van der Waals surface area contributed by atoms with Gasteiger partial charge in [-0.15, -0.1) is 0 Å². The molecule has 3 aromatic carbocycles. The summed E-state index contributed by atoms with van der Waals surface area (Å²) >= 11 is 3.54. The SMILES string of the molecule is CCC(=O)Nc1cccc(NC(=O)COc2ccc3ccccc3c2Br)c1. The molecule has 0 saturated carbocycles. The van der Waals surface area contributed by atoms with Crippen LogP contribution in [-0.2, 0) is 9.59 Å². The van der Waals surface area contributed by atoms with Crippen molar-refractivity contribution in [1.29, 1.82) is 0 Å². The maximum absolute atomic E-state index is 12.2. The number of rotatable bonds is 6. The summed E-state index contributed by atoms with van der Waals surface area (Å²) in [5.74, 6) is 0.241. The number of fused-ring (bicyclic) bond motifs is 1. The van der Waals surface area contributed by atoms with Crippen molar-refractivity contribution >= 4 is 49.9 Å². The fourth-order valence-corrected chi connectivity index (χ4v) is 3.20. The number of anilines is 2. The molecule has 27 heavy (non-hydrogen) atoms. The van der Waals surface area contributed by atoms with Crippen molar-refractivity contribution in [3.63, 3.8) is 0 Å². The molecule has 138 valence electrons. The van der Waals surface area contributed by atoms with E-state index in [1.54, 1.807) is 31.2 Å². The van der Waals surface area contributed by atoms with E-state index >= 15 is 0 Å². The lowest BCUT2D eigenvalue weighted by Crippen LogP contribution is -2.20. The Hall–Kier alpha value is -2.86. The summed E-state index contributed by atoms with van der Waals surface area (Å²) in [7, 11) is 0. The van der Waals surface area contributed by atoms with Crippen molar-refractivity contribution in [3.05, 3.63) is 65.1 Å². The third kappa shape index (κ3) is 4.86. The Kier molecular flexibility index (Phi) is 6.08. The molecule has 2 N–H and O–H groups in total. The minimum Gasteiger partial charge on any atom is -0.483 e. The normalized spacial score (nSPS) is 10.4. The predicted octanol–water partition coefficient (Wildman–Crippen LogP) is 4.97. The molecule has 0 radical (unpaired) electrons. The number of nitrogens with one attached hydrogen (secondary N) is 2. The van der Waals surface area contributed by atoms with Gasteiger partial charge in [0.2, 0.25) is 5.91 Å². The highest BCUT2D eigenvalue weighted by Gasteiger charge is 2.09. The molecule has 0 heterocycles. The van der Waals surface area contributed by atoms with Gasteiger partial charge in [-0.1, -0.05) is 43.3 Å². The lowest BCUT2D eigenvalue weighted by molar-refractivity contribution is -0.118. The highest BCUT2D eigenvalue weighted by Crippen LogP contribution is 2.33. The Morgan fingerprint density at radius 2 is 1.63 bits per heavy atom. The second-order valence-corrected chi connectivity index (χ2v) is 6.71. The average Bonchev–Trinajstić information content (AvgIpc) is 2.68. The van der Waals surface area contributed by atoms with Crippen molar-refractivity contribution in [3.8, 4) is 5.75 Å². The van der Waals surface area contributed by atoms with Crippen LogP contribution in [0.5, 0.6) is 5.75 Å². The van der Waals surface area contributed by atoms with E-state index in [4.69, 9.17) is 4.74 Å². The maximum atomic E-state index is 12.2. The van der Waals surface area contributed by atoms with Gasteiger partial charge >= 0.3 is 0 Å². The lowest BCUT2D eigenvalue weighted by Gasteiger charge is -2.11. The van der Waals surface area contributed by atoms with Crippen molar-refractivity contribution in [2.45, 2.75) is 13.3 Å². The third-order valence-corrected chi connectivity index (χ3v) is 4.76. The summed E-state index contributed by atoms with van der Waals surface area (Å²) in [5, 5.41) is 7.64. The first-order chi connectivity index (χ1) is 13.1. The lowest BCUT2D eigenvalue weighted by atomic mass is 10.1. The number of carbonyl (C=O) groups is 2. The van der Waals surface area contributed by atoms with Gasteiger partial charge in [0, 0.05) is 17.8 Å². The third-order valence-electron chi connectivity index (χ3n) is 3.94. The van der Waals surface area contributed by atoms with Gasteiger partial charge in [-0.3, -0.25) is 9.59 Å². The Balaban J connectivity index is 1.63. The standard InChI is InChI=1S/C21H19BrN2O3/c1-2-19(25)23-15-7-5-8-16(12-15)24-20(26)13-27-18-11-10-14-6-3-4-9-17(14)21(18)22/h3-12H,2,13H2,1H3,(H,23,25)(H,24,26). The van der Waals surface area contributed by atoms with Gasteiger partial charge in [-0.25, -0.2) is 0 Å². The minimum absolute atomic E-state index is 0.0806. The molecule has 0 saturated heterocycles. The van der Waals surface area contributed by atoms with Gasteiger partial charge in [0.1, 0.15) is 5.75 Å². The van der Waals surface area contributed by atoms with Crippen molar-refractivity contribution in [2.24, 2.45) is 0 Å². The van der Waals surface area contributed by atoms with E-state index in [0.29, 0.717) is 23.5 Å². The predicted molar refractivity (Wildman–Crippen MR) is 111 cm³/mol. The van der Waals surface area contributed by atoms with Crippen LogP contribution in [0.15, 0.2) is 65.1 Å². The largest absolute Gasteiger partial charge is 0.483 e. The molecule has 0 aliphatic heterocycles. The zero-order valence-corrected chi connectivity index (χ0v) is 16.4. The first-order valence-corrected chi connectivity index (χ1v) is 9.36. The molecule has 0 aromatic heterocycles. The summed E-state index contributed by atoms with van der Waals surface area (Å²) in [6, 6.07) is 18.7. The molecule has 0 bridgehead atoms. The van der Waals surface area contributed by atoms with Crippen LogP contribution in [0.25, 0.3) is 10.8 Å². The van der Waals surface area contributed by atoms with E-state index < -0.39 is 0 Å². The molecule has 2 amide bonds. The van der Waals surface area contributed by atoms with E-state index in [1.807, 2.05) is 36.4 Å². The fourth-order valence-electron chi connectivity index (χ4n) is 2.59. The molecule has 0 fully saturated rings. The average molecular weight is 427 g/mol. The molecular formula is C21H19BrN2O3. The fraction of sp³-hybridized carbons (Fsp3) is 0.143. The number of halogens is 1. The Labute approximate surface area is 165 Å². The first kappa shape index (κ1) is 18.9. The molecule has 5 nitrogen and oxygen atoms in total. The number of hydrogen-bond acceptors (Lipinski definition) is 3. The van der Waals surface area contributed by atoms with Gasteiger partial charge < -0.3 is 15.4 Å². The molecule has 0 spiro atoms. The van der Waals surface area contributed by atoms with Crippen LogP contribution >= 0.6 is 15.9 Å². The molecule has 0 atom stereocenters. The number of benzene rings is 3. The Bertz CT molecular complexity index is 988. The highest BCUT2D eigenvalue weighted by molar-refractivity contribution is 9.10. The highest BCUT2D eigenvalue weighted by atomic mass is 79.9. The van der Waals surface area contributed by atoms with E-state index in [1.165, 1.54) is 0 Å². The summed E-state index contributed by atoms with van der Waals surface area (Å²) in [6.07, 6.45) is 0.394. The number of ether oxygens (including phenoxy) is 1. The van der Waals surface area contributed by atoms with Crippen LogP contribution in [-0.4, -0.2) is 18.4 Å². The molecule has 3 rings (SSSR count). The summed E-state index contributed by atoms with van der Waals surface area (Å²) in [4.78, 5) is 23.7. The minimum atomic E-state index is -0.283. The quantitative estimate of drug-likeness (QED) is 0.584. The van der Waals surface area contributed by atoms with Gasteiger partial charge in [0.15, 0.2) is 6.61 Å². The van der Waals surface area contributed by atoms with E-state index in [-0.39, 0.29) is 18.4 Å². The van der Waals surface area contributed by atoms with E-state index in [0.717, 1.165) is 15.2 Å². The van der Waals surface area contributed by atoms with Crippen LogP contribution < -0.4 is 15.4 Å². The number of carbonyl (C=O) groups excluding carboxylic acids is 2. The zero-order chi connectivity index (χ0) is 19.2. The molecule has 6 heteroatoms. The second kappa shape index (κ2) is 8.68. The van der Waals surface area contributed by atoms with Crippen molar-refractivity contribution in [1.82, 2.24) is 0 Å². The first-order valence-electron chi connectivity index (χ1n) is 8.56. The van der Waals surface area contributed by atoms with Crippen molar-refractivity contribution in [2.75, 3.05) is 17.2 Å². The molecule has 0 unspecified atom stereocenters. The van der Waals surface area contributed by atoms with Gasteiger partial charge in [-0.2, -0.15) is 0 Å². The number of hydrogen-bond donors (Lipinski definition) is 2. The summed E-state index contributed by atoms with van der Waals surface area (Å²) in [5.41, 5.74) is 1.23. The van der Waals surface area contributed by atoms with Gasteiger partial charge in [0.25, 0.3) is 5.91 Å². The Morgan fingerprint density at radius 1 is 0.926 bits per heavy atom. The second-order valence-electron chi connectivity index (χ2n) is 5.92. The van der Waals surface area contributed by atoms with Crippen LogP contribution in [0.2, 0.25) is 0 Å². The van der Waals surface area contributed by atoms with Crippen LogP contribution in [0.3, 0.4) is 0 Å². The molecular weight excluding hydrogens is 408 g/mol. The van der Waals surface area contributed by atoms with Gasteiger partial charge in [0.05, 0.1) is 4.47 Å². The maximum Gasteiger partial charge on any atom is 0.262 e. The molecule has 0 aliphatic carbocycles. The van der Waals surface area contributed by atoms with Crippen molar-refractivity contribution < 1.29 is 14.3 Å². The monoisotopic (exact) mass is 426 g/mol. The van der Waals surface area contributed by atoms with E-state index in [9.17, 15) is 9.59 Å². The van der Waals surface area contributed by atoms with Crippen LogP contribution in [0, 0.1) is 0 Å². The zero-order valence-electron chi connectivity index (χ0n) is 14.8. The topological polar surface area (TPSA) is 67.4 Å². The molecule has 3 aromatic rings. The van der Waals surface area contributed by atoms with Gasteiger partial charge in [-0.05, 0) is 51.0 Å². The summed E-state index contributed by atoms with van der Waals surface area (Å²) in [6.45, 7) is 1.66. The number of amides is 2. The van der Waals surface area contributed by atoms with E-state index in [2.05, 4.69) is 26.6 Å². The van der Waals surface area contributed by atoms with Crippen LogP contribution in [0.1, 0.15) is 13.3 Å². The smallest absolute Gasteiger partial charge is 0.262 e. The van der Waals surface area contributed by atoms with Crippen LogP contribution in [0.4, 0.5) is 11.4 Å². The molecule has 0 aliphatic rings. The Morgan fingerprint density at radius 3 is 2.37 bits per heavy atom.